The van der Waals surface area contributed by atoms with Crippen molar-refractivity contribution in [3.63, 3.8) is 0 Å². The summed E-state index contributed by atoms with van der Waals surface area (Å²) in [6.45, 7) is 3.94. The molecule has 2 aromatic heterocycles. The highest BCUT2D eigenvalue weighted by Gasteiger charge is 2.18. The number of H-pyrrole nitrogens is 1. The number of benzene rings is 1. The van der Waals surface area contributed by atoms with Gasteiger partial charge in [-0.3, -0.25) is 5.10 Å². The standard InChI is InChI=1S/C16H19N5O3S/c1-5-13-18-20-15(24-13)9(2)25-16-17-14(19-21-16)11-7-6-10(22-3)8-12(11)23-4/h6-9H,5H2,1-4H3,(H,17,19,21)/t9-/m0/s1. The van der Waals surface area contributed by atoms with Gasteiger partial charge in [0.25, 0.3) is 0 Å². The summed E-state index contributed by atoms with van der Waals surface area (Å²) in [5, 5.41) is 15.8. The molecule has 8 nitrogen and oxygen atoms in total. The number of thioether (sulfide) groups is 1. The minimum atomic E-state index is -0.0470. The molecule has 0 amide bonds. The predicted octanol–water partition coefficient (Wildman–Crippen LogP) is 3.29. The summed E-state index contributed by atoms with van der Waals surface area (Å²) < 4.78 is 16.2. The molecule has 3 rings (SSSR count). The average Bonchev–Trinajstić information content (AvgIpc) is 3.30. The van der Waals surface area contributed by atoms with Crippen molar-refractivity contribution in [2.45, 2.75) is 30.7 Å². The largest absolute Gasteiger partial charge is 0.497 e. The van der Waals surface area contributed by atoms with Crippen molar-refractivity contribution in [3.05, 3.63) is 30.0 Å². The lowest BCUT2D eigenvalue weighted by molar-refractivity contribution is 0.395. The van der Waals surface area contributed by atoms with Crippen molar-refractivity contribution < 1.29 is 13.9 Å². The highest BCUT2D eigenvalue weighted by atomic mass is 32.2. The number of hydrogen-bond acceptors (Lipinski definition) is 8. The number of nitrogens with one attached hydrogen (secondary N) is 1. The molecule has 1 N–H and O–H groups in total. The Bertz CT molecular complexity index is 848. The van der Waals surface area contributed by atoms with Crippen LogP contribution in [0.4, 0.5) is 0 Å². The van der Waals surface area contributed by atoms with Gasteiger partial charge in [-0.1, -0.05) is 18.7 Å². The minimum Gasteiger partial charge on any atom is -0.497 e. The van der Waals surface area contributed by atoms with Gasteiger partial charge in [-0.2, -0.15) is 0 Å². The molecular formula is C16H19N5O3S. The van der Waals surface area contributed by atoms with Crippen molar-refractivity contribution in [1.29, 1.82) is 0 Å². The summed E-state index contributed by atoms with van der Waals surface area (Å²) in [6.07, 6.45) is 0.715. The Morgan fingerprint density at radius 3 is 2.76 bits per heavy atom. The van der Waals surface area contributed by atoms with Crippen LogP contribution in [0.3, 0.4) is 0 Å². The quantitative estimate of drug-likeness (QED) is 0.640. The number of hydrogen-bond donors (Lipinski definition) is 1. The third kappa shape index (κ3) is 3.76. The van der Waals surface area contributed by atoms with Crippen molar-refractivity contribution in [2.75, 3.05) is 14.2 Å². The number of rotatable bonds is 7. The molecule has 0 unspecified atom stereocenters. The van der Waals surface area contributed by atoms with Crippen molar-refractivity contribution >= 4 is 11.8 Å². The van der Waals surface area contributed by atoms with Crippen LogP contribution in [0, 0.1) is 0 Å². The van der Waals surface area contributed by atoms with Crippen LogP contribution in [-0.4, -0.2) is 39.6 Å². The molecule has 0 bridgehead atoms. The number of aromatic nitrogens is 5. The summed E-state index contributed by atoms with van der Waals surface area (Å²) in [7, 11) is 3.22. The molecule has 0 saturated heterocycles. The van der Waals surface area contributed by atoms with E-state index >= 15 is 0 Å². The summed E-state index contributed by atoms with van der Waals surface area (Å²) in [5.74, 6) is 3.18. The van der Waals surface area contributed by atoms with Gasteiger partial charge in [0.2, 0.25) is 16.9 Å². The van der Waals surface area contributed by atoms with Crippen LogP contribution >= 0.6 is 11.8 Å². The smallest absolute Gasteiger partial charge is 0.229 e. The van der Waals surface area contributed by atoms with Crippen LogP contribution in [0.15, 0.2) is 27.8 Å². The Hall–Kier alpha value is -2.55. The van der Waals surface area contributed by atoms with Gasteiger partial charge in [0, 0.05) is 12.5 Å². The molecule has 0 saturated carbocycles. The zero-order valence-electron chi connectivity index (χ0n) is 14.4. The normalized spacial score (nSPS) is 12.2. The zero-order chi connectivity index (χ0) is 17.8. The highest BCUT2D eigenvalue weighted by Crippen LogP contribution is 2.35. The van der Waals surface area contributed by atoms with Gasteiger partial charge < -0.3 is 13.9 Å². The van der Waals surface area contributed by atoms with E-state index < -0.39 is 0 Å². The van der Waals surface area contributed by atoms with Gasteiger partial charge in [0.1, 0.15) is 11.5 Å². The Kier molecular flexibility index (Phi) is 5.22. The van der Waals surface area contributed by atoms with Gasteiger partial charge in [-0.05, 0) is 19.1 Å². The van der Waals surface area contributed by atoms with Crippen LogP contribution in [0.2, 0.25) is 0 Å². The molecule has 0 radical (unpaired) electrons. The molecular weight excluding hydrogens is 342 g/mol. The molecule has 0 fully saturated rings. The summed E-state index contributed by atoms with van der Waals surface area (Å²) >= 11 is 1.44. The lowest BCUT2D eigenvalue weighted by Gasteiger charge is -2.07. The van der Waals surface area contributed by atoms with Crippen LogP contribution in [-0.2, 0) is 6.42 Å². The summed E-state index contributed by atoms with van der Waals surface area (Å²) in [6, 6.07) is 5.53. The predicted molar refractivity (Wildman–Crippen MR) is 92.9 cm³/mol. The lowest BCUT2D eigenvalue weighted by atomic mass is 10.2. The molecule has 0 aliphatic rings. The Labute approximate surface area is 149 Å². The zero-order valence-corrected chi connectivity index (χ0v) is 15.3. The Morgan fingerprint density at radius 2 is 2.08 bits per heavy atom. The molecule has 0 aliphatic heterocycles. The first-order chi connectivity index (χ1) is 12.1. The van der Waals surface area contributed by atoms with Crippen LogP contribution in [0.1, 0.15) is 30.9 Å². The molecule has 1 aromatic carbocycles. The minimum absolute atomic E-state index is 0.0470. The number of nitrogens with zero attached hydrogens (tertiary/aromatic N) is 4. The van der Waals surface area contributed by atoms with E-state index in [2.05, 4.69) is 25.4 Å². The number of ether oxygens (including phenoxy) is 2. The SMILES string of the molecule is CCc1nnc([C@H](C)Sc2n[nH]c(-c3ccc(OC)cc3OC)n2)o1. The van der Waals surface area contributed by atoms with E-state index in [-0.39, 0.29) is 5.25 Å². The van der Waals surface area contributed by atoms with E-state index in [1.54, 1.807) is 20.3 Å². The fourth-order valence-corrected chi connectivity index (χ4v) is 2.95. The van der Waals surface area contributed by atoms with E-state index in [9.17, 15) is 0 Å². The molecule has 9 heteroatoms. The van der Waals surface area contributed by atoms with E-state index in [0.29, 0.717) is 40.7 Å². The van der Waals surface area contributed by atoms with Gasteiger partial charge >= 0.3 is 0 Å². The van der Waals surface area contributed by atoms with Crippen molar-refractivity contribution in [2.24, 2.45) is 0 Å². The lowest BCUT2D eigenvalue weighted by Crippen LogP contribution is -1.92. The molecule has 0 spiro atoms. The second-order valence-corrected chi connectivity index (χ2v) is 6.49. The maximum Gasteiger partial charge on any atom is 0.229 e. The molecule has 3 aromatic rings. The second-order valence-electron chi connectivity index (χ2n) is 5.18. The van der Waals surface area contributed by atoms with E-state index in [1.807, 2.05) is 26.0 Å². The molecule has 0 aliphatic carbocycles. The molecule has 2 heterocycles. The van der Waals surface area contributed by atoms with Crippen LogP contribution in [0.25, 0.3) is 11.4 Å². The molecule has 132 valence electrons. The molecule has 1 atom stereocenters. The van der Waals surface area contributed by atoms with E-state index in [0.717, 1.165) is 5.56 Å². The topological polar surface area (TPSA) is 99.0 Å². The fourth-order valence-electron chi connectivity index (χ4n) is 2.20. The Balaban J connectivity index is 1.78. The Morgan fingerprint density at radius 1 is 1.24 bits per heavy atom. The maximum absolute atomic E-state index is 5.58. The first-order valence-electron chi connectivity index (χ1n) is 7.78. The van der Waals surface area contributed by atoms with Crippen LogP contribution in [0.5, 0.6) is 11.5 Å². The highest BCUT2D eigenvalue weighted by molar-refractivity contribution is 7.99. The van der Waals surface area contributed by atoms with E-state index in [1.165, 1.54) is 11.8 Å². The second kappa shape index (κ2) is 7.56. The first-order valence-corrected chi connectivity index (χ1v) is 8.66. The number of aryl methyl sites for hydroxylation is 1. The van der Waals surface area contributed by atoms with Gasteiger partial charge in [-0.15, -0.1) is 15.3 Å². The third-order valence-electron chi connectivity index (χ3n) is 3.54. The van der Waals surface area contributed by atoms with Gasteiger partial charge in [-0.25, -0.2) is 4.98 Å². The van der Waals surface area contributed by atoms with Gasteiger partial charge in [0.05, 0.1) is 25.0 Å². The van der Waals surface area contributed by atoms with Crippen molar-refractivity contribution in [1.82, 2.24) is 25.4 Å². The van der Waals surface area contributed by atoms with Crippen LogP contribution < -0.4 is 9.47 Å². The number of methoxy groups -OCH3 is 2. The van der Waals surface area contributed by atoms with Crippen molar-refractivity contribution in [3.8, 4) is 22.9 Å². The van der Waals surface area contributed by atoms with E-state index in [4.69, 9.17) is 13.9 Å². The first kappa shape index (κ1) is 17.3. The summed E-state index contributed by atoms with van der Waals surface area (Å²) in [4.78, 5) is 4.52. The maximum atomic E-state index is 5.58. The molecule has 25 heavy (non-hydrogen) atoms. The number of aromatic amines is 1. The van der Waals surface area contributed by atoms with Gasteiger partial charge in [0.15, 0.2) is 5.82 Å². The third-order valence-corrected chi connectivity index (χ3v) is 4.49. The fraction of sp³-hybridized carbons (Fsp3) is 0.375. The summed E-state index contributed by atoms with van der Waals surface area (Å²) in [5.41, 5.74) is 0.807. The average molecular weight is 361 g/mol. The monoisotopic (exact) mass is 361 g/mol.